The molecule has 3 nitrogen and oxygen atoms in total. The third kappa shape index (κ3) is 41.6. The first kappa shape index (κ1) is 65.1. The Hall–Kier alpha value is 0.130. The fourth-order valence-electron chi connectivity index (χ4n) is 10.3. The number of benzene rings is 1. The quantitative estimate of drug-likeness (QED) is 0.0371. The van der Waals surface area contributed by atoms with Gasteiger partial charge in [0.25, 0.3) is 0 Å². The number of unbranched alkanes of at least 4 members (excludes halogenated alkanes) is 45. The van der Waals surface area contributed by atoms with E-state index in [1.165, 1.54) is 294 Å². The molecular formula is C60H113NaO3S. The largest absolute Gasteiger partial charge is 1.00 e. The fourth-order valence-corrected chi connectivity index (χ4v) is 11.1. The standard InChI is InChI=1S/C60H114O3S.Na/c1-4-7-10-13-16-19-22-25-28-31-34-37-40-43-46-49-52-57-55-56-60(64(61,62)63)59(54-51-48-45-42-39-36-33-30-27-24-21-18-15-12-9-6-3)58(57)53-50-47-44-41-38-35-32-29-26-23-20-17-14-11-8-5-2;/h55-56H,4-54H2,1-3H3,(H,61,62,63);/q;+1/p-1. The summed E-state index contributed by atoms with van der Waals surface area (Å²) in [6, 6.07) is 3.71. The zero-order chi connectivity index (χ0) is 46.3. The van der Waals surface area contributed by atoms with Crippen LogP contribution >= 0.6 is 0 Å². The van der Waals surface area contributed by atoms with Crippen LogP contribution in [0.25, 0.3) is 0 Å². The Labute approximate surface area is 431 Å². The van der Waals surface area contributed by atoms with Crippen molar-refractivity contribution < 1.29 is 42.5 Å². The number of aryl methyl sites for hydroxylation is 1. The van der Waals surface area contributed by atoms with Gasteiger partial charge in [0.2, 0.25) is 0 Å². The molecule has 5 heteroatoms. The van der Waals surface area contributed by atoms with E-state index in [0.29, 0.717) is 0 Å². The van der Waals surface area contributed by atoms with Gasteiger partial charge in [-0.15, -0.1) is 0 Å². The summed E-state index contributed by atoms with van der Waals surface area (Å²) in [4.78, 5) is 0.0793. The minimum Gasteiger partial charge on any atom is -0.744 e. The van der Waals surface area contributed by atoms with Crippen molar-refractivity contribution in [3.63, 3.8) is 0 Å². The van der Waals surface area contributed by atoms with E-state index in [9.17, 15) is 13.0 Å². The predicted molar refractivity (Wildman–Crippen MR) is 284 cm³/mol. The molecule has 0 spiro atoms. The SMILES string of the molecule is CCCCCCCCCCCCCCCCCCc1ccc(S(=O)(=O)[O-])c(CCCCCCCCCCCCCCCCCC)c1CCCCCCCCCCCCCCCCCC.[Na+]. The van der Waals surface area contributed by atoms with Gasteiger partial charge in [-0.2, -0.15) is 0 Å². The van der Waals surface area contributed by atoms with Crippen LogP contribution in [0.2, 0.25) is 0 Å². The van der Waals surface area contributed by atoms with E-state index >= 15 is 0 Å². The van der Waals surface area contributed by atoms with Gasteiger partial charge in [0.15, 0.2) is 0 Å². The Morgan fingerprint density at radius 3 is 0.723 bits per heavy atom. The van der Waals surface area contributed by atoms with Crippen LogP contribution in [0.1, 0.15) is 346 Å². The predicted octanol–water partition coefficient (Wildman–Crippen LogP) is 18.0. The van der Waals surface area contributed by atoms with Crippen LogP contribution in [0.4, 0.5) is 0 Å². The Morgan fingerprint density at radius 1 is 0.292 bits per heavy atom. The monoisotopic (exact) mass is 937 g/mol. The second kappa shape index (κ2) is 50.5. The Balaban J connectivity index is 0.0000410. The molecule has 0 saturated heterocycles. The molecule has 0 fully saturated rings. The molecule has 65 heavy (non-hydrogen) atoms. The van der Waals surface area contributed by atoms with Crippen LogP contribution < -0.4 is 29.6 Å². The Morgan fingerprint density at radius 2 is 0.492 bits per heavy atom. The summed E-state index contributed by atoms with van der Waals surface area (Å²) in [6.45, 7) is 6.88. The maximum absolute atomic E-state index is 12.7. The normalized spacial score (nSPS) is 11.8. The molecule has 0 heterocycles. The Bertz CT molecular complexity index is 1210. The van der Waals surface area contributed by atoms with E-state index in [-0.39, 0.29) is 34.5 Å². The molecule has 378 valence electrons. The van der Waals surface area contributed by atoms with Gasteiger partial charge >= 0.3 is 29.6 Å². The van der Waals surface area contributed by atoms with E-state index in [4.69, 9.17) is 0 Å². The summed E-state index contributed by atoms with van der Waals surface area (Å²) in [5, 5.41) is 0. The molecule has 0 saturated carbocycles. The molecule has 0 aromatic heterocycles. The average Bonchev–Trinajstić information content (AvgIpc) is 3.28. The molecule has 0 aliphatic rings. The smallest absolute Gasteiger partial charge is 0.744 e. The van der Waals surface area contributed by atoms with Gasteiger partial charge in [-0.25, -0.2) is 8.42 Å². The molecule has 0 N–H and O–H groups in total. The Kier molecular flexibility index (Phi) is 50.6. The van der Waals surface area contributed by atoms with Crippen LogP contribution in [0.5, 0.6) is 0 Å². The molecular weight excluding hydrogens is 824 g/mol. The van der Waals surface area contributed by atoms with Crippen LogP contribution in [0.15, 0.2) is 17.0 Å². The second-order valence-electron chi connectivity index (χ2n) is 20.8. The molecule has 0 radical (unpaired) electrons. The minimum absolute atomic E-state index is 0. The van der Waals surface area contributed by atoms with Gasteiger partial charge in [-0.1, -0.05) is 316 Å². The molecule has 1 aromatic rings. The average molecular weight is 938 g/mol. The third-order valence-corrected chi connectivity index (χ3v) is 15.5. The zero-order valence-corrected chi connectivity index (χ0v) is 47.7. The maximum atomic E-state index is 12.7. The zero-order valence-electron chi connectivity index (χ0n) is 44.9. The van der Waals surface area contributed by atoms with Crippen molar-refractivity contribution >= 4 is 10.1 Å². The second-order valence-corrected chi connectivity index (χ2v) is 22.1. The first-order chi connectivity index (χ1) is 31.5. The molecule has 0 aliphatic heterocycles. The first-order valence-electron chi connectivity index (χ1n) is 29.5. The molecule has 1 aromatic carbocycles. The van der Waals surface area contributed by atoms with E-state index in [2.05, 4.69) is 20.8 Å². The van der Waals surface area contributed by atoms with Gasteiger partial charge < -0.3 is 4.55 Å². The molecule has 0 unspecified atom stereocenters. The molecule has 0 atom stereocenters. The topological polar surface area (TPSA) is 57.2 Å². The molecule has 0 bridgehead atoms. The number of hydrogen-bond donors (Lipinski definition) is 0. The third-order valence-electron chi connectivity index (χ3n) is 14.6. The van der Waals surface area contributed by atoms with Crippen LogP contribution in [0, 0.1) is 0 Å². The maximum Gasteiger partial charge on any atom is 1.00 e. The van der Waals surface area contributed by atoms with Gasteiger partial charge in [0.1, 0.15) is 10.1 Å². The summed E-state index contributed by atoms with van der Waals surface area (Å²) >= 11 is 0. The van der Waals surface area contributed by atoms with Crippen molar-refractivity contribution in [2.45, 2.75) is 353 Å². The number of rotatable bonds is 52. The summed E-state index contributed by atoms with van der Waals surface area (Å²) in [7, 11) is -4.51. The summed E-state index contributed by atoms with van der Waals surface area (Å²) in [6.07, 6.45) is 67.5. The fraction of sp³-hybridized carbons (Fsp3) is 0.900. The summed E-state index contributed by atoms with van der Waals surface area (Å²) in [5.74, 6) is 0. The summed E-state index contributed by atoms with van der Waals surface area (Å²) in [5.41, 5.74) is 3.43. The number of hydrogen-bond acceptors (Lipinski definition) is 3. The van der Waals surface area contributed by atoms with Gasteiger partial charge in [-0.3, -0.25) is 0 Å². The van der Waals surface area contributed by atoms with Crippen molar-refractivity contribution in [1.29, 1.82) is 0 Å². The van der Waals surface area contributed by atoms with Crippen molar-refractivity contribution in [3.8, 4) is 0 Å². The van der Waals surface area contributed by atoms with E-state index in [0.717, 1.165) is 50.5 Å². The first-order valence-corrected chi connectivity index (χ1v) is 31.0. The van der Waals surface area contributed by atoms with Crippen LogP contribution in [0.3, 0.4) is 0 Å². The van der Waals surface area contributed by atoms with Crippen molar-refractivity contribution in [1.82, 2.24) is 0 Å². The minimum atomic E-state index is -4.51. The van der Waals surface area contributed by atoms with Gasteiger partial charge in [0.05, 0.1) is 4.90 Å². The van der Waals surface area contributed by atoms with Crippen LogP contribution in [-0.4, -0.2) is 13.0 Å². The van der Waals surface area contributed by atoms with Crippen molar-refractivity contribution in [2.75, 3.05) is 0 Å². The van der Waals surface area contributed by atoms with Crippen molar-refractivity contribution in [3.05, 3.63) is 28.8 Å². The molecule has 1 rings (SSSR count). The molecule has 0 aliphatic carbocycles. The summed E-state index contributed by atoms with van der Waals surface area (Å²) < 4.78 is 38.0. The van der Waals surface area contributed by atoms with E-state index < -0.39 is 10.1 Å². The molecule has 0 amide bonds. The van der Waals surface area contributed by atoms with Gasteiger partial charge in [-0.05, 0) is 61.3 Å². The van der Waals surface area contributed by atoms with Gasteiger partial charge in [0, 0.05) is 0 Å². The van der Waals surface area contributed by atoms with E-state index in [1.807, 2.05) is 6.07 Å². The van der Waals surface area contributed by atoms with E-state index in [1.54, 1.807) is 6.07 Å². The van der Waals surface area contributed by atoms with Crippen molar-refractivity contribution in [2.24, 2.45) is 0 Å². The van der Waals surface area contributed by atoms with Crippen LogP contribution in [-0.2, 0) is 29.4 Å².